The average Bonchev–Trinajstić information content (AvgIpc) is 2.90. The minimum absolute atomic E-state index is 0.0162. The van der Waals surface area contributed by atoms with Crippen molar-refractivity contribution in [3.05, 3.63) is 34.3 Å². The van der Waals surface area contributed by atoms with Gasteiger partial charge in [0.25, 0.3) is 0 Å². The second-order valence-electron chi connectivity index (χ2n) is 9.27. The van der Waals surface area contributed by atoms with Crippen LogP contribution in [0.4, 0.5) is 4.79 Å². The SMILES string of the molecule is CSCCN(CCCn1c(=O)oc2ccc(C(C)(C)C)cc21)C(=O)OC(C)(C)C. The van der Waals surface area contributed by atoms with Crippen LogP contribution >= 0.6 is 11.8 Å². The number of fused-ring (bicyclic) bond motifs is 1. The third kappa shape index (κ3) is 6.56. The minimum Gasteiger partial charge on any atom is -0.444 e. The van der Waals surface area contributed by atoms with E-state index in [9.17, 15) is 9.59 Å². The molecule has 0 aliphatic rings. The number of hydrogen-bond donors (Lipinski definition) is 0. The summed E-state index contributed by atoms with van der Waals surface area (Å²) in [5, 5.41) is 0. The number of thioether (sulfide) groups is 1. The van der Waals surface area contributed by atoms with E-state index in [-0.39, 0.29) is 17.3 Å². The molecule has 0 radical (unpaired) electrons. The summed E-state index contributed by atoms with van der Waals surface area (Å²) in [4.78, 5) is 26.6. The van der Waals surface area contributed by atoms with Gasteiger partial charge in [0.15, 0.2) is 5.58 Å². The van der Waals surface area contributed by atoms with Gasteiger partial charge in [-0.05, 0) is 56.6 Å². The highest BCUT2D eigenvalue weighted by Crippen LogP contribution is 2.26. The molecule has 0 unspecified atom stereocenters. The van der Waals surface area contributed by atoms with Gasteiger partial charge in [-0.1, -0.05) is 26.8 Å². The summed E-state index contributed by atoms with van der Waals surface area (Å²) in [5.74, 6) is 0.474. The monoisotopic (exact) mass is 422 g/mol. The molecule has 162 valence electrons. The van der Waals surface area contributed by atoms with Gasteiger partial charge in [-0.2, -0.15) is 11.8 Å². The maximum atomic E-state index is 12.5. The quantitative estimate of drug-likeness (QED) is 0.636. The van der Waals surface area contributed by atoms with Crippen molar-refractivity contribution in [2.24, 2.45) is 0 Å². The van der Waals surface area contributed by atoms with Crippen molar-refractivity contribution in [3.8, 4) is 0 Å². The van der Waals surface area contributed by atoms with E-state index in [1.54, 1.807) is 21.2 Å². The number of ether oxygens (including phenoxy) is 1. The predicted molar refractivity (Wildman–Crippen MR) is 120 cm³/mol. The van der Waals surface area contributed by atoms with Gasteiger partial charge >= 0.3 is 11.8 Å². The van der Waals surface area contributed by atoms with Crippen LogP contribution in [0.25, 0.3) is 11.1 Å². The molecule has 1 heterocycles. The molecule has 0 fully saturated rings. The van der Waals surface area contributed by atoms with E-state index in [0.717, 1.165) is 16.8 Å². The van der Waals surface area contributed by atoms with Gasteiger partial charge in [-0.3, -0.25) is 4.57 Å². The van der Waals surface area contributed by atoms with Crippen LogP contribution in [-0.4, -0.2) is 46.3 Å². The van der Waals surface area contributed by atoms with E-state index in [1.165, 1.54) is 0 Å². The van der Waals surface area contributed by atoms with Crippen molar-refractivity contribution < 1.29 is 13.9 Å². The summed E-state index contributed by atoms with van der Waals surface area (Å²) in [6.45, 7) is 13.6. The van der Waals surface area contributed by atoms with Crippen LogP contribution in [0.1, 0.15) is 53.5 Å². The van der Waals surface area contributed by atoms with E-state index < -0.39 is 5.60 Å². The van der Waals surface area contributed by atoms with E-state index in [2.05, 4.69) is 20.8 Å². The number of nitrogens with zero attached hydrogens (tertiary/aromatic N) is 2. The second-order valence-corrected chi connectivity index (χ2v) is 10.3. The molecule has 0 saturated carbocycles. The number of carbonyl (C=O) groups is 1. The summed E-state index contributed by atoms with van der Waals surface area (Å²) >= 11 is 1.69. The topological polar surface area (TPSA) is 64.7 Å². The van der Waals surface area contributed by atoms with Gasteiger partial charge < -0.3 is 14.1 Å². The van der Waals surface area contributed by atoms with Crippen LogP contribution in [0.5, 0.6) is 0 Å². The number of aromatic nitrogens is 1. The first-order valence-corrected chi connectivity index (χ1v) is 11.4. The number of hydrogen-bond acceptors (Lipinski definition) is 5. The van der Waals surface area contributed by atoms with Crippen LogP contribution in [0, 0.1) is 0 Å². The maximum Gasteiger partial charge on any atom is 0.419 e. The summed E-state index contributed by atoms with van der Waals surface area (Å²) in [6.07, 6.45) is 2.34. The Morgan fingerprint density at radius 2 is 1.86 bits per heavy atom. The molecule has 0 N–H and O–H groups in total. The fourth-order valence-corrected chi connectivity index (χ4v) is 3.39. The van der Waals surface area contributed by atoms with E-state index in [4.69, 9.17) is 9.15 Å². The molecule has 7 heteroatoms. The van der Waals surface area contributed by atoms with E-state index in [1.807, 2.05) is 45.2 Å². The molecule has 0 spiro atoms. The van der Waals surface area contributed by atoms with Gasteiger partial charge in [-0.25, -0.2) is 9.59 Å². The highest BCUT2D eigenvalue weighted by molar-refractivity contribution is 7.98. The first-order chi connectivity index (χ1) is 13.4. The molecular weight excluding hydrogens is 388 g/mol. The molecule has 2 aromatic rings. The molecule has 2 rings (SSSR count). The Balaban J connectivity index is 2.14. The molecule has 29 heavy (non-hydrogen) atoms. The highest BCUT2D eigenvalue weighted by Gasteiger charge is 2.22. The largest absolute Gasteiger partial charge is 0.444 e. The van der Waals surface area contributed by atoms with E-state index in [0.29, 0.717) is 31.6 Å². The Hall–Kier alpha value is -1.89. The predicted octanol–water partition coefficient (Wildman–Crippen LogP) is 4.88. The Kier molecular flexibility index (Phi) is 7.49. The second kappa shape index (κ2) is 9.28. The molecule has 0 aliphatic carbocycles. The number of aryl methyl sites for hydroxylation is 1. The summed E-state index contributed by atoms with van der Waals surface area (Å²) < 4.78 is 12.6. The Bertz CT molecular complexity index is 887. The van der Waals surface area contributed by atoms with Crippen molar-refractivity contribution in [1.82, 2.24) is 9.47 Å². The van der Waals surface area contributed by atoms with Gasteiger partial charge in [-0.15, -0.1) is 0 Å². The van der Waals surface area contributed by atoms with Crippen LogP contribution in [0.3, 0.4) is 0 Å². The van der Waals surface area contributed by atoms with Crippen LogP contribution < -0.4 is 5.76 Å². The summed E-state index contributed by atoms with van der Waals surface area (Å²) in [5.41, 5.74) is 1.99. The fourth-order valence-electron chi connectivity index (χ4n) is 2.98. The molecule has 1 amide bonds. The van der Waals surface area contributed by atoms with Crippen molar-refractivity contribution >= 4 is 29.0 Å². The molecule has 0 atom stereocenters. The zero-order chi connectivity index (χ0) is 21.8. The zero-order valence-corrected chi connectivity index (χ0v) is 19.5. The van der Waals surface area contributed by atoms with Gasteiger partial charge in [0.05, 0.1) is 5.52 Å². The minimum atomic E-state index is -0.532. The number of oxazole rings is 1. The summed E-state index contributed by atoms with van der Waals surface area (Å²) in [6, 6.07) is 5.89. The van der Waals surface area contributed by atoms with Crippen molar-refractivity contribution in [1.29, 1.82) is 0 Å². The average molecular weight is 423 g/mol. The fraction of sp³-hybridized carbons (Fsp3) is 0.636. The number of rotatable bonds is 7. The standard InChI is InChI=1S/C22H34N2O4S/c1-21(2,3)16-9-10-18-17(15-16)24(20(26)27-18)12-8-11-23(13-14-29-7)19(25)28-22(4,5)6/h9-10,15H,8,11-14H2,1-7H3. The molecule has 0 aliphatic heterocycles. The van der Waals surface area contributed by atoms with Gasteiger partial charge in [0.2, 0.25) is 0 Å². The van der Waals surface area contributed by atoms with Crippen LogP contribution in [0.2, 0.25) is 0 Å². The molecule has 1 aromatic heterocycles. The Labute approximate surface area is 177 Å². The lowest BCUT2D eigenvalue weighted by molar-refractivity contribution is 0.0258. The third-order valence-corrected chi connectivity index (χ3v) is 5.15. The molecule has 0 bridgehead atoms. The van der Waals surface area contributed by atoms with Crippen molar-refractivity contribution in [2.75, 3.05) is 25.1 Å². The number of carbonyl (C=O) groups excluding carboxylic acids is 1. The van der Waals surface area contributed by atoms with E-state index >= 15 is 0 Å². The van der Waals surface area contributed by atoms with Crippen LogP contribution in [-0.2, 0) is 16.7 Å². The first-order valence-electron chi connectivity index (χ1n) is 10.0. The summed E-state index contributed by atoms with van der Waals surface area (Å²) in [7, 11) is 0. The molecular formula is C22H34N2O4S. The lowest BCUT2D eigenvalue weighted by atomic mass is 9.87. The zero-order valence-electron chi connectivity index (χ0n) is 18.7. The first kappa shape index (κ1) is 23.4. The lowest BCUT2D eigenvalue weighted by Gasteiger charge is -2.27. The smallest absolute Gasteiger partial charge is 0.419 e. The molecule has 1 aromatic carbocycles. The number of amides is 1. The molecule has 6 nitrogen and oxygen atoms in total. The number of benzene rings is 1. The maximum absolute atomic E-state index is 12.5. The normalized spacial score (nSPS) is 12.4. The lowest BCUT2D eigenvalue weighted by Crippen LogP contribution is -2.39. The van der Waals surface area contributed by atoms with Gasteiger partial charge in [0, 0.05) is 25.4 Å². The van der Waals surface area contributed by atoms with Gasteiger partial charge in [0.1, 0.15) is 5.60 Å². The Morgan fingerprint density at radius 3 is 2.45 bits per heavy atom. The highest BCUT2D eigenvalue weighted by atomic mass is 32.2. The van der Waals surface area contributed by atoms with Crippen LogP contribution in [0.15, 0.2) is 27.4 Å². The van der Waals surface area contributed by atoms with Crippen molar-refractivity contribution in [2.45, 2.75) is 65.5 Å². The third-order valence-electron chi connectivity index (χ3n) is 4.56. The Morgan fingerprint density at radius 1 is 1.17 bits per heavy atom. The van der Waals surface area contributed by atoms with Crippen molar-refractivity contribution in [3.63, 3.8) is 0 Å². The molecule has 0 saturated heterocycles.